The van der Waals surface area contributed by atoms with Gasteiger partial charge in [-0.3, -0.25) is 0 Å². The van der Waals surface area contributed by atoms with Crippen molar-refractivity contribution in [3.8, 4) is 0 Å². The lowest BCUT2D eigenvalue weighted by atomic mass is 9.91. The molecule has 24 heteroatoms. The van der Waals surface area contributed by atoms with E-state index >= 15 is 0 Å². The molecule has 0 N–H and O–H groups in total. The van der Waals surface area contributed by atoms with Crippen molar-refractivity contribution < 1.29 is 63.4 Å². The molecule has 0 amide bonds. The summed E-state index contributed by atoms with van der Waals surface area (Å²) in [6.45, 7) is 81.7. The van der Waals surface area contributed by atoms with Crippen molar-refractivity contribution in [2.75, 3.05) is 39.8 Å². The maximum atomic E-state index is 11.6. The largest absolute Gasteiger partial charge is 0.469 e. The third-order valence-electron chi connectivity index (χ3n) is 14.0. The van der Waals surface area contributed by atoms with Crippen molar-refractivity contribution in [1.82, 2.24) is 0 Å². The van der Waals surface area contributed by atoms with Crippen LogP contribution in [0.1, 0.15) is 77.8 Å². The lowest BCUT2D eigenvalue weighted by molar-refractivity contribution is -0.140. The molecule has 0 aliphatic heterocycles. The van der Waals surface area contributed by atoms with E-state index < -0.39 is 83.2 Å². The van der Waals surface area contributed by atoms with E-state index in [2.05, 4.69) is 233 Å². The quantitative estimate of drug-likeness (QED) is 0.0158. The molecule has 2 aliphatic rings. The van der Waals surface area contributed by atoms with Crippen LogP contribution in [0.15, 0.2) is 91.6 Å². The van der Waals surface area contributed by atoms with Gasteiger partial charge in [-0.25, -0.2) is 19.2 Å². The molecule has 1 fully saturated rings. The van der Waals surface area contributed by atoms with Gasteiger partial charge in [0.15, 0.2) is 58.2 Å². The van der Waals surface area contributed by atoms with Gasteiger partial charge in [-0.2, -0.15) is 0 Å². The minimum Gasteiger partial charge on any atom is -0.466 e. The zero-order valence-electron chi connectivity index (χ0n) is 66.3. The second kappa shape index (κ2) is 44.7. The normalized spacial score (nSPS) is 15.6. The third kappa shape index (κ3) is 55.9. The Morgan fingerprint density at radius 2 is 0.863 bits per heavy atom. The van der Waals surface area contributed by atoms with Crippen LogP contribution in [0.3, 0.4) is 0 Å². The molecule has 0 heterocycles. The van der Waals surface area contributed by atoms with Gasteiger partial charge >= 0.3 is 32.7 Å². The molecule has 3 atom stereocenters. The number of carbonyl (C=O) groups is 4. The van der Waals surface area contributed by atoms with Gasteiger partial charge in [0.2, 0.25) is 0 Å². The van der Waals surface area contributed by atoms with Crippen LogP contribution in [0.5, 0.6) is 0 Å². The second-order valence-electron chi connectivity index (χ2n) is 33.7. The average Bonchev–Trinajstić information content (AvgIpc) is 1.74. The first kappa shape index (κ1) is 96.6. The number of allylic oxidation sites excluding steroid dienone is 2. The molecule has 1 saturated carbocycles. The SMILES string of the molecule is C=C(C)C(=O)OCCC[Si](C)(C)C.C=C(C)C(=O)OCCC[Si](O[Si](C)(C)C)(O[Si](C)(C)C)O[Si](C)(C)C.C=C(C)C(=O)OCCO[Si](C)(C)C.C=C(C)C(=O)OC[Si](C)(C)C.C=Cc1ccc(CC)cc1.CO[Si](C)(C)CC[Si](C)(C)O[Si](C)(C)CCC1CC2C=CC1C2. The molecule has 0 spiro atoms. The predicted octanol–water partition coefficient (Wildman–Crippen LogP) is 20.5. The highest BCUT2D eigenvalue weighted by molar-refractivity contribution is 6.90. The van der Waals surface area contributed by atoms with Crippen molar-refractivity contribution in [3.05, 3.63) is 103 Å². The molecule has 3 rings (SSSR count). The monoisotopic (exact) mass is 1500 g/mol. The fraction of sp³-hybridized carbons (Fsp3) is 0.690. The van der Waals surface area contributed by atoms with Crippen LogP contribution in [0.4, 0.5) is 0 Å². The second-order valence-corrected chi connectivity index (χ2v) is 79.5. The zero-order valence-corrected chi connectivity index (χ0v) is 76.3. The fourth-order valence-corrected chi connectivity index (χ4v) is 39.3. The summed E-state index contributed by atoms with van der Waals surface area (Å²) in [7, 11) is -14.7. The van der Waals surface area contributed by atoms with Crippen LogP contribution < -0.4 is 0 Å². The number of fused-ring (bicyclic) bond motifs is 2. The van der Waals surface area contributed by atoms with Crippen molar-refractivity contribution in [3.63, 3.8) is 0 Å². The van der Waals surface area contributed by atoms with Crippen molar-refractivity contribution >= 4 is 113 Å². The molecule has 3 unspecified atom stereocenters. The van der Waals surface area contributed by atoms with Gasteiger partial charge in [-0.05, 0) is 225 Å². The summed E-state index contributed by atoms with van der Waals surface area (Å²) >= 11 is 0. The average molecular weight is 1500 g/mol. The Labute approximate surface area is 593 Å². The fourth-order valence-electron chi connectivity index (χ4n) is 9.30. The predicted molar refractivity (Wildman–Crippen MR) is 431 cm³/mol. The molecular formula is C71H142O14Si10. The first-order chi connectivity index (χ1) is 42.8. The number of carbonyl (C=O) groups excluding carboxylic acids is 4. The van der Waals surface area contributed by atoms with Crippen LogP contribution in [-0.4, -0.2) is 147 Å². The number of rotatable bonds is 35. The maximum absolute atomic E-state index is 11.6. The molecule has 0 saturated heterocycles. The third-order valence-corrected chi connectivity index (χ3v) is 40.4. The summed E-state index contributed by atoms with van der Waals surface area (Å²) in [5.41, 5.74) is 4.37. The standard InChI is InChI=1S/C18H38O2Si3.C16H38O5Si4.C10H20O2Si.C10H12.C9H18O3Si.C8H16O2Si/c1-19-21(2,3)12-13-23(6,7)20-22(4,5)11-10-18-15-16-8-9-17(18)14-16;1-15(2)16(17)18-13-12-14-25(19-22(3,4)5,20-23(6,7)8)21-24(9,10)11;1-9(2)10(11)12-7-6-8-13(3,4)5;1-3-9-5-7-10(4-2)8-6-9;1-8(2)9(10)11-6-7-12-13(3,4)5;1-7(2)8(9)10-6-11(3,4)5/h8-9,16-18H,10-15H2,1-7H3;1,12-14H2,2-11H3;1,6-8H2,2-5H3;3,5-8H,1,4H2,2H3;1,6-7H2,2-5H3;1,6H2,2-5H3. The summed E-state index contributed by atoms with van der Waals surface area (Å²) in [4.78, 5) is 44.3. The minimum absolute atomic E-state index is 0.268. The minimum atomic E-state index is -2.83. The molecule has 95 heavy (non-hydrogen) atoms. The van der Waals surface area contributed by atoms with E-state index in [0.29, 0.717) is 67.4 Å². The Balaban J connectivity index is -0.00000111. The highest BCUT2D eigenvalue weighted by atomic mass is 28.5. The summed E-state index contributed by atoms with van der Waals surface area (Å²) in [5.74, 6) is 1.51. The van der Waals surface area contributed by atoms with Gasteiger partial charge in [0.05, 0.1) is 34.1 Å². The number of hydrogen-bond donors (Lipinski definition) is 0. The van der Waals surface area contributed by atoms with Crippen LogP contribution in [0.25, 0.3) is 6.08 Å². The van der Waals surface area contributed by atoms with E-state index in [1.54, 1.807) is 27.7 Å². The van der Waals surface area contributed by atoms with Gasteiger partial charge in [-0.15, -0.1) is 0 Å². The smallest absolute Gasteiger partial charge is 0.466 e. The number of hydrogen-bond acceptors (Lipinski definition) is 14. The van der Waals surface area contributed by atoms with Crippen molar-refractivity contribution in [2.45, 2.75) is 260 Å². The van der Waals surface area contributed by atoms with Crippen LogP contribution >= 0.6 is 0 Å². The molecule has 0 aromatic heterocycles. The lowest BCUT2D eigenvalue weighted by Gasteiger charge is -2.42. The van der Waals surface area contributed by atoms with E-state index in [4.69, 9.17) is 44.3 Å². The first-order valence-electron chi connectivity index (χ1n) is 34.5. The number of benzene rings is 1. The molecule has 2 bridgehead atoms. The Kier molecular flexibility index (Phi) is 45.4. The van der Waals surface area contributed by atoms with Gasteiger partial charge in [0, 0.05) is 43.5 Å². The number of esters is 4. The highest BCUT2D eigenvalue weighted by Crippen LogP contribution is 2.46. The molecule has 1 aromatic rings. The number of ether oxygens (including phenoxy) is 4. The Morgan fingerprint density at radius 3 is 1.20 bits per heavy atom. The van der Waals surface area contributed by atoms with Gasteiger partial charge in [0.1, 0.15) is 6.61 Å². The molecule has 1 aromatic carbocycles. The number of aryl methyl sites for hydroxylation is 1. The summed E-state index contributed by atoms with van der Waals surface area (Å²) in [5, 5.41) is 0. The molecule has 550 valence electrons. The Morgan fingerprint density at radius 1 is 0.463 bits per heavy atom. The molecular weight excluding hydrogens is 1360 g/mol. The Hall–Kier alpha value is -2.53. The molecule has 2 aliphatic carbocycles. The van der Waals surface area contributed by atoms with Gasteiger partial charge in [-0.1, -0.05) is 134 Å². The zero-order chi connectivity index (χ0) is 74.8. The van der Waals surface area contributed by atoms with Crippen molar-refractivity contribution in [1.29, 1.82) is 0 Å². The van der Waals surface area contributed by atoms with E-state index in [1.165, 1.54) is 54.6 Å². The molecule has 0 radical (unpaired) electrons. The van der Waals surface area contributed by atoms with Crippen molar-refractivity contribution in [2.24, 2.45) is 17.8 Å². The summed E-state index contributed by atoms with van der Waals surface area (Å²) < 4.78 is 57.8. The van der Waals surface area contributed by atoms with E-state index in [0.717, 1.165) is 30.6 Å². The molecule has 14 nitrogen and oxygen atoms in total. The van der Waals surface area contributed by atoms with Crippen LogP contribution in [0, 0.1) is 17.8 Å². The summed E-state index contributed by atoms with van der Waals surface area (Å²) in [6, 6.07) is 14.2. The van der Waals surface area contributed by atoms with E-state index in [9.17, 15) is 19.2 Å². The van der Waals surface area contributed by atoms with E-state index in [-0.39, 0.29) is 23.9 Å². The lowest BCUT2D eigenvalue weighted by Crippen LogP contribution is -2.60. The van der Waals surface area contributed by atoms with Crippen LogP contribution in [0.2, 0.25) is 187 Å². The van der Waals surface area contributed by atoms with Gasteiger partial charge in [0.25, 0.3) is 0 Å². The van der Waals surface area contributed by atoms with Gasteiger partial charge < -0.3 is 44.3 Å². The first-order valence-corrected chi connectivity index (χ1v) is 66.8. The topological polar surface area (TPSA) is 161 Å². The van der Waals surface area contributed by atoms with E-state index in [1.807, 2.05) is 13.2 Å². The Bertz CT molecular complexity index is 2440. The maximum Gasteiger partial charge on any atom is 0.469 e. The van der Waals surface area contributed by atoms with Crippen LogP contribution in [-0.2, 0) is 69.9 Å². The summed E-state index contributed by atoms with van der Waals surface area (Å²) in [6.07, 6.45) is 14.4. The highest BCUT2D eigenvalue weighted by Gasteiger charge is 2.50.